The van der Waals surface area contributed by atoms with Crippen LogP contribution in [0.25, 0.3) is 0 Å². The second-order valence-corrected chi connectivity index (χ2v) is 4.66. The quantitative estimate of drug-likeness (QED) is 0.573. The number of nitrogens with two attached hydrogens (primary N) is 1. The standard InChI is InChI=1S/C10H19N3O2/c1-10(2,9(11)15)6-13-8(14)7-3-4-12-5-7/h7,12H,3-6H2,1-2H3,(H2,11,15)(H,13,14). The molecule has 1 saturated heterocycles. The van der Waals surface area contributed by atoms with Crippen LogP contribution in [-0.2, 0) is 9.59 Å². The topological polar surface area (TPSA) is 84.2 Å². The highest BCUT2D eigenvalue weighted by atomic mass is 16.2. The number of carbonyl (C=O) groups excluding carboxylic acids is 2. The summed E-state index contributed by atoms with van der Waals surface area (Å²) in [5, 5.41) is 5.89. The van der Waals surface area contributed by atoms with E-state index in [2.05, 4.69) is 10.6 Å². The molecule has 1 unspecified atom stereocenters. The van der Waals surface area contributed by atoms with E-state index in [0.717, 1.165) is 19.5 Å². The Morgan fingerprint density at radius 3 is 2.67 bits per heavy atom. The number of hydrogen-bond acceptors (Lipinski definition) is 3. The Labute approximate surface area is 89.8 Å². The van der Waals surface area contributed by atoms with Crippen LogP contribution in [0.1, 0.15) is 20.3 Å². The summed E-state index contributed by atoms with van der Waals surface area (Å²) in [6.45, 7) is 5.36. The summed E-state index contributed by atoms with van der Waals surface area (Å²) in [5.41, 5.74) is 4.53. The van der Waals surface area contributed by atoms with Gasteiger partial charge >= 0.3 is 0 Å². The highest BCUT2D eigenvalue weighted by molar-refractivity contribution is 5.83. The van der Waals surface area contributed by atoms with Crippen LogP contribution in [0, 0.1) is 11.3 Å². The molecule has 0 spiro atoms. The van der Waals surface area contributed by atoms with Crippen molar-refractivity contribution >= 4 is 11.8 Å². The maximum Gasteiger partial charge on any atom is 0.224 e. The summed E-state index contributed by atoms with van der Waals surface area (Å²) in [6.07, 6.45) is 0.864. The molecule has 1 atom stereocenters. The lowest BCUT2D eigenvalue weighted by Gasteiger charge is -2.21. The summed E-state index contributed by atoms with van der Waals surface area (Å²) >= 11 is 0. The highest BCUT2D eigenvalue weighted by Gasteiger charge is 2.28. The first-order valence-corrected chi connectivity index (χ1v) is 5.22. The van der Waals surface area contributed by atoms with E-state index in [0.29, 0.717) is 6.54 Å². The molecule has 1 aliphatic heterocycles. The number of primary amides is 1. The molecule has 0 aliphatic carbocycles. The first-order chi connectivity index (χ1) is 6.93. The number of hydrogen-bond donors (Lipinski definition) is 3. The van der Waals surface area contributed by atoms with Gasteiger partial charge in [0.1, 0.15) is 0 Å². The van der Waals surface area contributed by atoms with Crippen molar-refractivity contribution in [3.8, 4) is 0 Å². The minimum Gasteiger partial charge on any atom is -0.369 e. The van der Waals surface area contributed by atoms with E-state index < -0.39 is 11.3 Å². The SMILES string of the molecule is CC(C)(CNC(=O)C1CCNC1)C(N)=O. The number of carbonyl (C=O) groups is 2. The Bertz CT molecular complexity index is 257. The Hall–Kier alpha value is -1.10. The summed E-state index contributed by atoms with van der Waals surface area (Å²) in [4.78, 5) is 22.6. The van der Waals surface area contributed by atoms with Gasteiger partial charge in [-0.1, -0.05) is 0 Å². The van der Waals surface area contributed by atoms with E-state index in [9.17, 15) is 9.59 Å². The van der Waals surface area contributed by atoms with Crippen LogP contribution < -0.4 is 16.4 Å². The molecule has 0 aromatic rings. The molecule has 1 rings (SSSR count). The maximum absolute atomic E-state index is 11.6. The normalized spacial score (nSPS) is 21.3. The van der Waals surface area contributed by atoms with E-state index in [1.807, 2.05) is 0 Å². The minimum absolute atomic E-state index is 0.00863. The van der Waals surface area contributed by atoms with Crippen molar-refractivity contribution in [2.24, 2.45) is 17.1 Å². The molecular formula is C10H19N3O2. The van der Waals surface area contributed by atoms with Crippen molar-refractivity contribution in [3.05, 3.63) is 0 Å². The van der Waals surface area contributed by atoms with Crippen LogP contribution in [0.5, 0.6) is 0 Å². The van der Waals surface area contributed by atoms with Gasteiger partial charge in [-0.3, -0.25) is 9.59 Å². The van der Waals surface area contributed by atoms with E-state index in [-0.39, 0.29) is 11.8 Å². The van der Waals surface area contributed by atoms with Crippen LogP contribution in [0.2, 0.25) is 0 Å². The number of amides is 2. The lowest BCUT2D eigenvalue weighted by Crippen LogP contribution is -2.44. The van der Waals surface area contributed by atoms with Crippen molar-refractivity contribution < 1.29 is 9.59 Å². The van der Waals surface area contributed by atoms with Gasteiger partial charge in [-0.05, 0) is 26.8 Å². The molecular weight excluding hydrogens is 194 g/mol. The van der Waals surface area contributed by atoms with Gasteiger partial charge in [-0.15, -0.1) is 0 Å². The third kappa shape index (κ3) is 3.20. The monoisotopic (exact) mass is 213 g/mol. The fourth-order valence-electron chi connectivity index (χ4n) is 1.42. The fourth-order valence-corrected chi connectivity index (χ4v) is 1.42. The molecule has 0 aromatic carbocycles. The van der Waals surface area contributed by atoms with Crippen LogP contribution in [0.4, 0.5) is 0 Å². The van der Waals surface area contributed by atoms with Crippen LogP contribution in [-0.4, -0.2) is 31.4 Å². The Morgan fingerprint density at radius 1 is 1.53 bits per heavy atom. The molecule has 1 heterocycles. The third-order valence-corrected chi connectivity index (χ3v) is 2.80. The number of rotatable bonds is 4. The van der Waals surface area contributed by atoms with Crippen LogP contribution >= 0.6 is 0 Å². The molecule has 0 bridgehead atoms. The average molecular weight is 213 g/mol. The van der Waals surface area contributed by atoms with Gasteiger partial charge in [0.25, 0.3) is 0 Å². The molecule has 0 aromatic heterocycles. The van der Waals surface area contributed by atoms with Crippen molar-refractivity contribution in [2.45, 2.75) is 20.3 Å². The van der Waals surface area contributed by atoms with Crippen molar-refractivity contribution in [1.29, 1.82) is 0 Å². The summed E-state index contributed by atoms with van der Waals surface area (Å²) < 4.78 is 0. The zero-order chi connectivity index (χ0) is 11.5. The van der Waals surface area contributed by atoms with Crippen LogP contribution in [0.15, 0.2) is 0 Å². The predicted molar refractivity (Wildman–Crippen MR) is 57.0 cm³/mol. The van der Waals surface area contributed by atoms with Crippen molar-refractivity contribution in [3.63, 3.8) is 0 Å². The van der Waals surface area contributed by atoms with Gasteiger partial charge in [0.05, 0.1) is 11.3 Å². The Morgan fingerprint density at radius 2 is 2.20 bits per heavy atom. The second-order valence-electron chi connectivity index (χ2n) is 4.66. The molecule has 86 valence electrons. The van der Waals surface area contributed by atoms with Gasteiger partial charge < -0.3 is 16.4 Å². The summed E-state index contributed by atoms with van der Waals surface area (Å²) in [7, 11) is 0. The lowest BCUT2D eigenvalue weighted by molar-refractivity contribution is -0.128. The smallest absolute Gasteiger partial charge is 0.224 e. The van der Waals surface area contributed by atoms with E-state index in [4.69, 9.17) is 5.73 Å². The molecule has 0 radical (unpaired) electrons. The summed E-state index contributed by atoms with van der Waals surface area (Å²) in [6, 6.07) is 0. The van der Waals surface area contributed by atoms with Crippen LogP contribution in [0.3, 0.4) is 0 Å². The third-order valence-electron chi connectivity index (χ3n) is 2.80. The maximum atomic E-state index is 11.6. The number of nitrogens with one attached hydrogen (secondary N) is 2. The molecule has 4 N–H and O–H groups in total. The van der Waals surface area contributed by atoms with Crippen molar-refractivity contribution in [1.82, 2.24) is 10.6 Å². The molecule has 1 aliphatic rings. The van der Waals surface area contributed by atoms with E-state index >= 15 is 0 Å². The second kappa shape index (κ2) is 4.61. The average Bonchev–Trinajstić information content (AvgIpc) is 2.66. The van der Waals surface area contributed by atoms with Gasteiger partial charge in [0.2, 0.25) is 11.8 Å². The summed E-state index contributed by atoms with van der Waals surface area (Å²) in [5.74, 6) is -0.352. The molecule has 2 amide bonds. The zero-order valence-electron chi connectivity index (χ0n) is 9.30. The molecule has 15 heavy (non-hydrogen) atoms. The van der Waals surface area contributed by atoms with E-state index in [1.165, 1.54) is 0 Å². The fraction of sp³-hybridized carbons (Fsp3) is 0.800. The van der Waals surface area contributed by atoms with Gasteiger partial charge in [-0.2, -0.15) is 0 Å². The first kappa shape index (κ1) is 12.0. The Balaban J connectivity index is 2.36. The lowest BCUT2D eigenvalue weighted by atomic mass is 9.92. The predicted octanol–water partition coefficient (Wildman–Crippen LogP) is -0.776. The van der Waals surface area contributed by atoms with Gasteiger partial charge in [-0.25, -0.2) is 0 Å². The van der Waals surface area contributed by atoms with Crippen molar-refractivity contribution in [2.75, 3.05) is 19.6 Å². The van der Waals surface area contributed by atoms with E-state index in [1.54, 1.807) is 13.8 Å². The highest BCUT2D eigenvalue weighted by Crippen LogP contribution is 2.13. The molecule has 0 saturated carbocycles. The van der Waals surface area contributed by atoms with Gasteiger partial charge in [0, 0.05) is 13.1 Å². The minimum atomic E-state index is -0.679. The molecule has 5 nitrogen and oxygen atoms in total. The first-order valence-electron chi connectivity index (χ1n) is 5.22. The molecule has 1 fully saturated rings. The Kier molecular flexibility index (Phi) is 3.68. The van der Waals surface area contributed by atoms with Gasteiger partial charge in [0.15, 0.2) is 0 Å². The molecule has 5 heteroatoms. The largest absolute Gasteiger partial charge is 0.369 e. The zero-order valence-corrected chi connectivity index (χ0v) is 9.30.